The van der Waals surface area contributed by atoms with E-state index in [1.165, 1.54) is 17.5 Å². The Kier molecular flexibility index (Phi) is 4.37. The van der Waals surface area contributed by atoms with E-state index in [-0.39, 0.29) is 11.7 Å². The summed E-state index contributed by atoms with van der Waals surface area (Å²) < 4.78 is 0. The van der Waals surface area contributed by atoms with E-state index >= 15 is 0 Å². The lowest BCUT2D eigenvalue weighted by Crippen LogP contribution is -2.48. The topological polar surface area (TPSA) is 27.6 Å². The lowest BCUT2D eigenvalue weighted by Gasteiger charge is -2.32. The van der Waals surface area contributed by atoms with Crippen molar-refractivity contribution in [2.24, 2.45) is 4.99 Å². The second kappa shape index (κ2) is 6.13. The zero-order valence-electron chi connectivity index (χ0n) is 14.3. The lowest BCUT2D eigenvalue weighted by molar-refractivity contribution is 0.157. The number of benzene rings is 1. The zero-order valence-corrected chi connectivity index (χ0v) is 14.3. The molecule has 120 valence electrons. The van der Waals surface area contributed by atoms with E-state index in [9.17, 15) is 0 Å². The van der Waals surface area contributed by atoms with Gasteiger partial charge in [0.1, 0.15) is 0 Å². The molecule has 3 nitrogen and oxygen atoms in total. The van der Waals surface area contributed by atoms with E-state index < -0.39 is 0 Å². The van der Waals surface area contributed by atoms with Crippen LogP contribution in [0.2, 0.25) is 0 Å². The minimum absolute atomic E-state index is 0.183. The summed E-state index contributed by atoms with van der Waals surface area (Å²) in [7, 11) is 0. The molecule has 1 fully saturated rings. The van der Waals surface area contributed by atoms with Gasteiger partial charge in [-0.25, -0.2) is 0 Å². The summed E-state index contributed by atoms with van der Waals surface area (Å²) in [6.45, 7) is 11.3. The van der Waals surface area contributed by atoms with Crippen molar-refractivity contribution in [3.63, 3.8) is 0 Å². The standard InChI is InChI=1S/C19H29N3/c1-14-17(10-13-22(14)18-20-11-5-12-21-18)15-6-8-16(9-7-15)19(2,3)4/h6-9,11,14,17-18,21H,5,10,12-13H2,1-4H3/t14-,17+,18?/m1/s1. The third-order valence-corrected chi connectivity index (χ3v) is 5.17. The Balaban J connectivity index is 1.73. The lowest BCUT2D eigenvalue weighted by atomic mass is 9.84. The molecule has 3 atom stereocenters. The van der Waals surface area contributed by atoms with Crippen LogP contribution in [-0.4, -0.2) is 36.5 Å². The van der Waals surface area contributed by atoms with Crippen LogP contribution in [0.5, 0.6) is 0 Å². The molecule has 0 aromatic heterocycles. The first-order valence-electron chi connectivity index (χ1n) is 8.58. The van der Waals surface area contributed by atoms with Crippen LogP contribution in [0.3, 0.4) is 0 Å². The number of hydrogen-bond donors (Lipinski definition) is 1. The van der Waals surface area contributed by atoms with Crippen molar-refractivity contribution < 1.29 is 0 Å². The van der Waals surface area contributed by atoms with Gasteiger partial charge in [0.05, 0.1) is 0 Å². The molecule has 0 spiro atoms. The molecule has 2 aliphatic rings. The maximum atomic E-state index is 4.63. The number of nitrogens with one attached hydrogen (secondary N) is 1. The molecule has 0 amide bonds. The van der Waals surface area contributed by atoms with Crippen molar-refractivity contribution in [2.45, 2.75) is 64.2 Å². The van der Waals surface area contributed by atoms with Crippen LogP contribution in [0, 0.1) is 0 Å². The van der Waals surface area contributed by atoms with Crippen molar-refractivity contribution in [1.82, 2.24) is 10.2 Å². The predicted molar refractivity (Wildman–Crippen MR) is 93.6 cm³/mol. The fourth-order valence-electron chi connectivity index (χ4n) is 3.69. The molecular weight excluding hydrogens is 270 g/mol. The van der Waals surface area contributed by atoms with Gasteiger partial charge in [0.2, 0.25) is 0 Å². The van der Waals surface area contributed by atoms with Crippen LogP contribution >= 0.6 is 0 Å². The largest absolute Gasteiger partial charge is 0.283 e. The molecule has 3 rings (SSSR count). The number of likely N-dealkylation sites (tertiary alicyclic amines) is 1. The third-order valence-electron chi connectivity index (χ3n) is 5.17. The van der Waals surface area contributed by atoms with Gasteiger partial charge in [-0.15, -0.1) is 0 Å². The zero-order chi connectivity index (χ0) is 15.7. The minimum Gasteiger partial charge on any atom is -0.283 e. The quantitative estimate of drug-likeness (QED) is 0.905. The average Bonchev–Trinajstić information content (AvgIpc) is 2.89. The first kappa shape index (κ1) is 15.7. The van der Waals surface area contributed by atoms with Gasteiger partial charge in [-0.3, -0.25) is 15.2 Å². The number of nitrogens with zero attached hydrogens (tertiary/aromatic N) is 2. The normalized spacial score (nSPS) is 29.9. The van der Waals surface area contributed by atoms with Crippen molar-refractivity contribution in [1.29, 1.82) is 0 Å². The summed E-state index contributed by atoms with van der Waals surface area (Å²) in [4.78, 5) is 7.14. The summed E-state index contributed by atoms with van der Waals surface area (Å²) in [6, 6.07) is 9.82. The SMILES string of the molecule is C[C@@H]1[C@@H](c2ccc(C(C)(C)C)cc2)CCN1C1N=CCCN1. The van der Waals surface area contributed by atoms with E-state index in [1.54, 1.807) is 0 Å². The number of aliphatic imine (C=N–C) groups is 1. The molecule has 1 aromatic rings. The van der Waals surface area contributed by atoms with E-state index in [0.29, 0.717) is 12.0 Å². The van der Waals surface area contributed by atoms with E-state index in [1.807, 2.05) is 0 Å². The summed E-state index contributed by atoms with van der Waals surface area (Å²) in [6.07, 6.45) is 4.53. The van der Waals surface area contributed by atoms with Crippen LogP contribution in [0.4, 0.5) is 0 Å². The number of hydrogen-bond acceptors (Lipinski definition) is 3. The molecule has 0 bridgehead atoms. The Morgan fingerprint density at radius 3 is 2.50 bits per heavy atom. The molecule has 0 aliphatic carbocycles. The minimum atomic E-state index is 0.183. The molecular formula is C19H29N3. The Hall–Kier alpha value is -1.19. The van der Waals surface area contributed by atoms with Crippen LogP contribution in [-0.2, 0) is 5.41 Å². The first-order chi connectivity index (χ1) is 10.5. The second-order valence-electron chi connectivity index (χ2n) is 7.69. The van der Waals surface area contributed by atoms with Crippen LogP contribution in [0.25, 0.3) is 0 Å². The molecule has 2 heterocycles. The van der Waals surface area contributed by atoms with Crippen LogP contribution < -0.4 is 5.32 Å². The monoisotopic (exact) mass is 299 g/mol. The van der Waals surface area contributed by atoms with Gasteiger partial charge in [0, 0.05) is 31.3 Å². The molecule has 22 heavy (non-hydrogen) atoms. The Morgan fingerprint density at radius 2 is 1.91 bits per heavy atom. The fraction of sp³-hybridized carbons (Fsp3) is 0.632. The van der Waals surface area contributed by atoms with Gasteiger partial charge >= 0.3 is 0 Å². The highest BCUT2D eigenvalue weighted by atomic mass is 15.4. The number of rotatable bonds is 2. The van der Waals surface area contributed by atoms with E-state index in [2.05, 4.69) is 73.4 Å². The van der Waals surface area contributed by atoms with Crippen LogP contribution in [0.15, 0.2) is 29.3 Å². The van der Waals surface area contributed by atoms with Gasteiger partial charge in [-0.2, -0.15) is 0 Å². The molecule has 2 aliphatic heterocycles. The third kappa shape index (κ3) is 3.11. The fourth-order valence-corrected chi connectivity index (χ4v) is 3.69. The van der Waals surface area contributed by atoms with Gasteiger partial charge in [0.15, 0.2) is 6.29 Å². The Morgan fingerprint density at radius 1 is 1.18 bits per heavy atom. The molecule has 1 aromatic carbocycles. The van der Waals surface area contributed by atoms with Crippen molar-refractivity contribution in [3.8, 4) is 0 Å². The maximum absolute atomic E-state index is 4.63. The van der Waals surface area contributed by atoms with Gasteiger partial charge in [-0.1, -0.05) is 45.0 Å². The van der Waals surface area contributed by atoms with E-state index in [4.69, 9.17) is 0 Å². The molecule has 0 saturated carbocycles. The van der Waals surface area contributed by atoms with Crippen LogP contribution in [0.1, 0.15) is 57.6 Å². The molecule has 1 N–H and O–H groups in total. The smallest absolute Gasteiger partial charge is 0.155 e. The van der Waals surface area contributed by atoms with Crippen molar-refractivity contribution >= 4 is 6.21 Å². The van der Waals surface area contributed by atoms with Gasteiger partial charge in [-0.05, 0) is 36.3 Å². The Bertz CT molecular complexity index is 527. The molecule has 1 unspecified atom stereocenters. The molecule has 1 saturated heterocycles. The summed E-state index contributed by atoms with van der Waals surface area (Å²) >= 11 is 0. The summed E-state index contributed by atoms with van der Waals surface area (Å²) in [5, 5.41) is 3.52. The van der Waals surface area contributed by atoms with E-state index in [0.717, 1.165) is 19.5 Å². The van der Waals surface area contributed by atoms with Crippen molar-refractivity contribution in [2.75, 3.05) is 13.1 Å². The predicted octanol–water partition coefficient (Wildman–Crippen LogP) is 3.51. The van der Waals surface area contributed by atoms with Gasteiger partial charge in [0.25, 0.3) is 0 Å². The molecule has 0 radical (unpaired) electrons. The summed E-state index contributed by atoms with van der Waals surface area (Å²) in [5.74, 6) is 0.618. The Labute approximate surface area is 134 Å². The summed E-state index contributed by atoms with van der Waals surface area (Å²) in [5.41, 5.74) is 3.12. The average molecular weight is 299 g/mol. The second-order valence-corrected chi connectivity index (χ2v) is 7.69. The highest BCUT2D eigenvalue weighted by molar-refractivity contribution is 5.58. The van der Waals surface area contributed by atoms with Gasteiger partial charge < -0.3 is 0 Å². The first-order valence-corrected chi connectivity index (χ1v) is 8.58. The highest BCUT2D eigenvalue weighted by Gasteiger charge is 2.36. The maximum Gasteiger partial charge on any atom is 0.155 e. The molecule has 3 heteroatoms. The highest BCUT2D eigenvalue weighted by Crippen LogP contribution is 2.35. The van der Waals surface area contributed by atoms with Crippen molar-refractivity contribution in [3.05, 3.63) is 35.4 Å².